The summed E-state index contributed by atoms with van der Waals surface area (Å²) in [6, 6.07) is 11.2. The van der Waals surface area contributed by atoms with Gasteiger partial charge >= 0.3 is 0 Å². The van der Waals surface area contributed by atoms with Crippen molar-refractivity contribution in [3.8, 4) is 5.75 Å². The van der Waals surface area contributed by atoms with Crippen molar-refractivity contribution in [2.24, 2.45) is 0 Å². The number of rotatable bonds is 6. The minimum absolute atomic E-state index is 0.0293. The summed E-state index contributed by atoms with van der Waals surface area (Å²) in [5.74, 6) is -0.895. The van der Waals surface area contributed by atoms with Gasteiger partial charge in [0.05, 0.1) is 5.75 Å². The molecule has 2 rings (SSSR count). The molecule has 0 radical (unpaired) electrons. The van der Waals surface area contributed by atoms with Crippen molar-refractivity contribution in [1.82, 2.24) is 10.9 Å². The highest BCUT2D eigenvalue weighted by Crippen LogP contribution is 2.21. The molecule has 0 aliphatic carbocycles. The standard InChI is InChI=1S/C17H16ClFN2O3S/c1-11-8-12(6-7-13(11)18)24-9-16(22)20-21-17(23)10-25-15-5-3-2-4-14(15)19/h2-8H,9-10H2,1H3,(H,20,22)(H,21,23). The van der Waals surface area contributed by atoms with E-state index in [0.29, 0.717) is 15.7 Å². The maximum atomic E-state index is 13.4. The van der Waals surface area contributed by atoms with Crippen LogP contribution < -0.4 is 15.6 Å². The van der Waals surface area contributed by atoms with Crippen molar-refractivity contribution < 1.29 is 18.7 Å². The number of aryl methyl sites for hydroxylation is 1. The monoisotopic (exact) mass is 382 g/mol. The van der Waals surface area contributed by atoms with Gasteiger partial charge in [0.25, 0.3) is 5.91 Å². The van der Waals surface area contributed by atoms with Crippen LogP contribution in [0.1, 0.15) is 5.56 Å². The van der Waals surface area contributed by atoms with Gasteiger partial charge in [-0.05, 0) is 42.8 Å². The number of ether oxygens (including phenoxy) is 1. The lowest BCUT2D eigenvalue weighted by atomic mass is 10.2. The van der Waals surface area contributed by atoms with Gasteiger partial charge in [-0.2, -0.15) is 0 Å². The fraction of sp³-hybridized carbons (Fsp3) is 0.176. The van der Waals surface area contributed by atoms with E-state index in [9.17, 15) is 14.0 Å². The Morgan fingerprint density at radius 3 is 2.60 bits per heavy atom. The highest BCUT2D eigenvalue weighted by molar-refractivity contribution is 8.00. The van der Waals surface area contributed by atoms with Crippen molar-refractivity contribution in [3.05, 3.63) is 58.9 Å². The Morgan fingerprint density at radius 1 is 1.16 bits per heavy atom. The zero-order valence-corrected chi connectivity index (χ0v) is 14.9. The predicted molar refractivity (Wildman–Crippen MR) is 95.1 cm³/mol. The Labute approximate surface area is 153 Å². The molecule has 0 saturated carbocycles. The molecule has 0 aliphatic rings. The summed E-state index contributed by atoms with van der Waals surface area (Å²) >= 11 is 6.94. The Kier molecular flexibility index (Phi) is 7.09. The molecule has 8 heteroatoms. The average molecular weight is 383 g/mol. The Balaban J connectivity index is 1.69. The lowest BCUT2D eigenvalue weighted by Crippen LogP contribution is -2.44. The largest absolute Gasteiger partial charge is 0.484 e. The van der Waals surface area contributed by atoms with Gasteiger partial charge in [0.2, 0.25) is 5.91 Å². The number of halogens is 2. The van der Waals surface area contributed by atoms with E-state index in [0.717, 1.165) is 17.3 Å². The summed E-state index contributed by atoms with van der Waals surface area (Å²) in [6.45, 7) is 1.56. The lowest BCUT2D eigenvalue weighted by Gasteiger charge is -2.09. The summed E-state index contributed by atoms with van der Waals surface area (Å²) in [5.41, 5.74) is 5.31. The van der Waals surface area contributed by atoms with Crippen molar-refractivity contribution in [3.63, 3.8) is 0 Å². The van der Waals surface area contributed by atoms with Gasteiger partial charge in [-0.15, -0.1) is 11.8 Å². The van der Waals surface area contributed by atoms with E-state index in [1.54, 1.807) is 36.4 Å². The summed E-state index contributed by atoms with van der Waals surface area (Å²) in [5, 5.41) is 0.608. The molecule has 0 aliphatic heterocycles. The fourth-order valence-electron chi connectivity index (χ4n) is 1.77. The predicted octanol–water partition coefficient (Wildman–Crippen LogP) is 3.11. The SMILES string of the molecule is Cc1cc(OCC(=O)NNC(=O)CSc2ccccc2F)ccc1Cl. The number of thioether (sulfide) groups is 1. The Bertz CT molecular complexity index is 773. The van der Waals surface area contributed by atoms with Crippen LogP contribution in [0, 0.1) is 12.7 Å². The third kappa shape index (κ3) is 6.28. The van der Waals surface area contributed by atoms with Crippen LogP contribution in [0.4, 0.5) is 4.39 Å². The van der Waals surface area contributed by atoms with Gasteiger partial charge in [-0.1, -0.05) is 23.7 Å². The van der Waals surface area contributed by atoms with Crippen LogP contribution in [-0.4, -0.2) is 24.2 Å². The molecule has 0 bridgehead atoms. The second-order valence-electron chi connectivity index (χ2n) is 5.02. The molecule has 2 N–H and O–H groups in total. The molecule has 2 aromatic carbocycles. The fourth-order valence-corrected chi connectivity index (χ4v) is 2.63. The van der Waals surface area contributed by atoms with E-state index < -0.39 is 17.6 Å². The van der Waals surface area contributed by atoms with Gasteiger partial charge in [0.15, 0.2) is 6.61 Å². The third-order valence-corrected chi connectivity index (χ3v) is 4.51. The number of nitrogens with one attached hydrogen (secondary N) is 2. The van der Waals surface area contributed by atoms with E-state index in [1.165, 1.54) is 6.07 Å². The minimum atomic E-state index is -0.517. The molecule has 0 atom stereocenters. The first-order chi connectivity index (χ1) is 12.0. The van der Waals surface area contributed by atoms with Crippen molar-refractivity contribution >= 4 is 35.2 Å². The molecule has 2 aromatic rings. The van der Waals surface area contributed by atoms with E-state index >= 15 is 0 Å². The Morgan fingerprint density at radius 2 is 1.88 bits per heavy atom. The number of carbonyl (C=O) groups is 2. The zero-order chi connectivity index (χ0) is 18.2. The van der Waals surface area contributed by atoms with E-state index in [1.807, 2.05) is 6.92 Å². The summed E-state index contributed by atoms with van der Waals surface area (Å²) in [7, 11) is 0. The van der Waals surface area contributed by atoms with Crippen LogP contribution >= 0.6 is 23.4 Å². The van der Waals surface area contributed by atoms with E-state index in [4.69, 9.17) is 16.3 Å². The normalized spacial score (nSPS) is 10.2. The first-order valence-corrected chi connectivity index (χ1v) is 8.66. The molecular formula is C17H16ClFN2O3S. The molecule has 2 amide bonds. The van der Waals surface area contributed by atoms with Crippen LogP contribution in [0.3, 0.4) is 0 Å². The highest BCUT2D eigenvalue weighted by atomic mass is 35.5. The molecule has 0 spiro atoms. The lowest BCUT2D eigenvalue weighted by molar-refractivity contribution is -0.128. The smallest absolute Gasteiger partial charge is 0.276 e. The van der Waals surface area contributed by atoms with Crippen molar-refractivity contribution in [1.29, 1.82) is 0 Å². The second kappa shape index (κ2) is 9.29. The molecule has 0 unspecified atom stereocenters. The maximum absolute atomic E-state index is 13.4. The van der Waals surface area contributed by atoms with Gasteiger partial charge in [0, 0.05) is 9.92 Å². The zero-order valence-electron chi connectivity index (χ0n) is 13.3. The first-order valence-electron chi connectivity index (χ1n) is 7.29. The quantitative estimate of drug-likeness (QED) is 0.595. The van der Waals surface area contributed by atoms with E-state index in [2.05, 4.69) is 10.9 Å². The number of hydrogen-bond acceptors (Lipinski definition) is 4. The second-order valence-corrected chi connectivity index (χ2v) is 6.44. The molecule has 0 fully saturated rings. The molecule has 0 saturated heterocycles. The summed E-state index contributed by atoms with van der Waals surface area (Å²) in [4.78, 5) is 23.7. The number of carbonyl (C=O) groups excluding carboxylic acids is 2. The van der Waals surface area contributed by atoms with Crippen LogP contribution in [0.2, 0.25) is 5.02 Å². The molecular weight excluding hydrogens is 367 g/mol. The van der Waals surface area contributed by atoms with Gasteiger partial charge < -0.3 is 4.74 Å². The maximum Gasteiger partial charge on any atom is 0.276 e. The molecule has 132 valence electrons. The Hall–Kier alpha value is -2.25. The van der Waals surface area contributed by atoms with Crippen LogP contribution in [0.15, 0.2) is 47.4 Å². The first kappa shape index (κ1) is 19.1. The third-order valence-electron chi connectivity index (χ3n) is 3.04. The van der Waals surface area contributed by atoms with Crippen molar-refractivity contribution in [2.75, 3.05) is 12.4 Å². The van der Waals surface area contributed by atoms with Gasteiger partial charge in [-0.3, -0.25) is 20.4 Å². The average Bonchev–Trinajstić information content (AvgIpc) is 2.60. The van der Waals surface area contributed by atoms with Crippen LogP contribution in [-0.2, 0) is 9.59 Å². The summed E-state index contributed by atoms with van der Waals surface area (Å²) in [6.07, 6.45) is 0. The van der Waals surface area contributed by atoms with Crippen LogP contribution in [0.25, 0.3) is 0 Å². The number of benzene rings is 2. The highest BCUT2D eigenvalue weighted by Gasteiger charge is 2.08. The van der Waals surface area contributed by atoms with Gasteiger partial charge in [0.1, 0.15) is 11.6 Å². The summed E-state index contributed by atoms with van der Waals surface area (Å²) < 4.78 is 18.7. The molecule has 0 aromatic heterocycles. The molecule has 25 heavy (non-hydrogen) atoms. The molecule has 0 heterocycles. The van der Waals surface area contributed by atoms with Crippen LogP contribution in [0.5, 0.6) is 5.75 Å². The van der Waals surface area contributed by atoms with E-state index in [-0.39, 0.29) is 12.4 Å². The number of amides is 2. The molecule has 5 nitrogen and oxygen atoms in total. The topological polar surface area (TPSA) is 67.4 Å². The minimum Gasteiger partial charge on any atom is -0.484 e. The number of hydrogen-bond donors (Lipinski definition) is 2. The van der Waals surface area contributed by atoms with Gasteiger partial charge in [-0.25, -0.2) is 4.39 Å². The van der Waals surface area contributed by atoms with Crippen molar-refractivity contribution in [2.45, 2.75) is 11.8 Å². The number of hydrazine groups is 1.